The number of aromatic nitrogens is 2. The molecule has 0 saturated carbocycles. The van der Waals surface area contributed by atoms with E-state index in [-0.39, 0.29) is 12.6 Å². The second-order valence-electron chi connectivity index (χ2n) is 5.71. The number of ether oxygens (including phenoxy) is 2. The molecule has 2 aromatic carbocycles. The molecule has 0 saturated heterocycles. The zero-order valence-corrected chi connectivity index (χ0v) is 14.6. The number of carbonyl (C=O) groups is 1. The lowest BCUT2D eigenvalue weighted by Gasteiger charge is -2.02. The van der Waals surface area contributed by atoms with Crippen molar-refractivity contribution in [2.24, 2.45) is 0 Å². The van der Waals surface area contributed by atoms with Crippen LogP contribution >= 0.6 is 0 Å². The van der Waals surface area contributed by atoms with E-state index in [4.69, 9.17) is 9.15 Å². The van der Waals surface area contributed by atoms with Crippen molar-refractivity contribution in [2.45, 2.75) is 19.4 Å². The van der Waals surface area contributed by atoms with Gasteiger partial charge in [-0.25, -0.2) is 4.79 Å². The van der Waals surface area contributed by atoms with E-state index in [9.17, 15) is 4.79 Å². The molecule has 0 bridgehead atoms. The van der Waals surface area contributed by atoms with Gasteiger partial charge in [0, 0.05) is 12.2 Å². The Bertz CT molecular complexity index is 829. The number of rotatable bonds is 8. The number of carbonyl (C=O) groups excluding carboxylic acids is 1. The quantitative estimate of drug-likeness (QED) is 0.455. The molecule has 0 aliphatic heterocycles. The van der Waals surface area contributed by atoms with Gasteiger partial charge in [-0.1, -0.05) is 30.3 Å². The Hall–Kier alpha value is -2.99. The first-order valence-electron chi connectivity index (χ1n) is 8.39. The maximum Gasteiger partial charge on any atom is 0.337 e. The Morgan fingerprint density at radius 1 is 1.04 bits per heavy atom. The SMILES string of the molecule is COC(=O)c1ccc(-c2nnc(COCCCc3ccccc3)o2)cc1. The molecule has 6 nitrogen and oxygen atoms in total. The minimum absolute atomic E-state index is 0.280. The third-order valence-electron chi connectivity index (χ3n) is 3.84. The molecule has 0 fully saturated rings. The number of methoxy groups -OCH3 is 1. The van der Waals surface area contributed by atoms with Gasteiger partial charge in [0.15, 0.2) is 0 Å². The zero-order chi connectivity index (χ0) is 18.2. The lowest BCUT2D eigenvalue weighted by Crippen LogP contribution is -2.00. The second kappa shape index (κ2) is 8.92. The van der Waals surface area contributed by atoms with Crippen molar-refractivity contribution < 1.29 is 18.7 Å². The van der Waals surface area contributed by atoms with Gasteiger partial charge in [-0.05, 0) is 42.7 Å². The number of aryl methyl sites for hydroxylation is 1. The summed E-state index contributed by atoms with van der Waals surface area (Å²) in [6.45, 7) is 0.905. The Morgan fingerprint density at radius 2 is 1.81 bits per heavy atom. The van der Waals surface area contributed by atoms with Crippen LogP contribution in [0.25, 0.3) is 11.5 Å². The van der Waals surface area contributed by atoms with Gasteiger partial charge in [-0.2, -0.15) is 0 Å². The molecule has 1 heterocycles. The summed E-state index contributed by atoms with van der Waals surface area (Å²) < 4.78 is 15.9. The summed E-state index contributed by atoms with van der Waals surface area (Å²) in [5, 5.41) is 8.00. The number of hydrogen-bond acceptors (Lipinski definition) is 6. The van der Waals surface area contributed by atoms with Crippen LogP contribution < -0.4 is 0 Å². The van der Waals surface area contributed by atoms with Crippen LogP contribution in [0.15, 0.2) is 59.0 Å². The summed E-state index contributed by atoms with van der Waals surface area (Å²) in [5.41, 5.74) is 2.50. The molecule has 0 N–H and O–H groups in total. The Balaban J connectivity index is 1.46. The van der Waals surface area contributed by atoms with Gasteiger partial charge in [0.05, 0.1) is 12.7 Å². The van der Waals surface area contributed by atoms with Crippen molar-refractivity contribution in [3.63, 3.8) is 0 Å². The van der Waals surface area contributed by atoms with Crippen LogP contribution in [0.4, 0.5) is 0 Å². The highest BCUT2D eigenvalue weighted by molar-refractivity contribution is 5.89. The van der Waals surface area contributed by atoms with E-state index in [0.717, 1.165) is 18.4 Å². The molecule has 1 aromatic heterocycles. The van der Waals surface area contributed by atoms with E-state index in [2.05, 4.69) is 27.1 Å². The van der Waals surface area contributed by atoms with E-state index in [0.29, 0.717) is 24.0 Å². The van der Waals surface area contributed by atoms with E-state index in [1.54, 1.807) is 24.3 Å². The van der Waals surface area contributed by atoms with E-state index < -0.39 is 0 Å². The van der Waals surface area contributed by atoms with Crippen molar-refractivity contribution >= 4 is 5.97 Å². The van der Waals surface area contributed by atoms with E-state index in [1.807, 2.05) is 18.2 Å². The molecule has 0 atom stereocenters. The maximum atomic E-state index is 11.4. The number of esters is 1. The van der Waals surface area contributed by atoms with Gasteiger partial charge in [-0.3, -0.25) is 0 Å². The van der Waals surface area contributed by atoms with Crippen molar-refractivity contribution in [1.29, 1.82) is 0 Å². The maximum absolute atomic E-state index is 11.4. The highest BCUT2D eigenvalue weighted by atomic mass is 16.5. The molecule has 0 aliphatic carbocycles. The molecule has 0 spiro atoms. The van der Waals surface area contributed by atoms with Crippen molar-refractivity contribution in [3.8, 4) is 11.5 Å². The first-order chi connectivity index (χ1) is 12.8. The molecule has 0 unspecified atom stereocenters. The molecular weight excluding hydrogens is 332 g/mol. The number of hydrogen-bond donors (Lipinski definition) is 0. The summed E-state index contributed by atoms with van der Waals surface area (Å²) in [4.78, 5) is 11.4. The predicted octanol–water partition coefficient (Wildman–Crippen LogP) is 3.67. The van der Waals surface area contributed by atoms with Crippen LogP contribution in [0.5, 0.6) is 0 Å². The fourth-order valence-electron chi connectivity index (χ4n) is 2.48. The normalized spacial score (nSPS) is 10.7. The summed E-state index contributed by atoms with van der Waals surface area (Å²) in [5.74, 6) is 0.438. The van der Waals surface area contributed by atoms with Crippen LogP contribution in [0.1, 0.15) is 28.2 Å². The van der Waals surface area contributed by atoms with Gasteiger partial charge in [0.25, 0.3) is 0 Å². The summed E-state index contributed by atoms with van der Waals surface area (Å²) >= 11 is 0. The highest BCUT2D eigenvalue weighted by Gasteiger charge is 2.10. The fraction of sp³-hybridized carbons (Fsp3) is 0.250. The van der Waals surface area contributed by atoms with Gasteiger partial charge < -0.3 is 13.9 Å². The van der Waals surface area contributed by atoms with E-state index in [1.165, 1.54) is 12.7 Å². The van der Waals surface area contributed by atoms with Crippen LogP contribution in [0, 0.1) is 0 Å². The second-order valence-corrected chi connectivity index (χ2v) is 5.71. The van der Waals surface area contributed by atoms with Gasteiger partial charge >= 0.3 is 5.97 Å². The summed E-state index contributed by atoms with van der Waals surface area (Å²) in [6.07, 6.45) is 1.91. The lowest BCUT2D eigenvalue weighted by atomic mass is 10.1. The van der Waals surface area contributed by atoms with Crippen molar-refractivity contribution in [2.75, 3.05) is 13.7 Å². The first-order valence-corrected chi connectivity index (χ1v) is 8.39. The third kappa shape index (κ3) is 4.77. The lowest BCUT2D eigenvalue weighted by molar-refractivity contribution is 0.0600. The van der Waals surface area contributed by atoms with Gasteiger partial charge in [0.1, 0.15) is 6.61 Å². The molecule has 6 heteroatoms. The predicted molar refractivity (Wildman–Crippen MR) is 95.5 cm³/mol. The van der Waals surface area contributed by atoms with Crippen molar-refractivity contribution in [1.82, 2.24) is 10.2 Å². The zero-order valence-electron chi connectivity index (χ0n) is 14.6. The molecule has 3 rings (SSSR count). The smallest absolute Gasteiger partial charge is 0.337 e. The molecular formula is C20H20N2O4. The van der Waals surface area contributed by atoms with Crippen LogP contribution in [-0.2, 0) is 22.5 Å². The minimum atomic E-state index is -0.383. The molecule has 0 aliphatic rings. The third-order valence-corrected chi connectivity index (χ3v) is 3.84. The molecule has 26 heavy (non-hydrogen) atoms. The highest BCUT2D eigenvalue weighted by Crippen LogP contribution is 2.19. The monoisotopic (exact) mass is 352 g/mol. The Morgan fingerprint density at radius 3 is 2.54 bits per heavy atom. The minimum Gasteiger partial charge on any atom is -0.465 e. The van der Waals surface area contributed by atoms with E-state index >= 15 is 0 Å². The average Bonchev–Trinajstić information content (AvgIpc) is 3.17. The van der Waals surface area contributed by atoms with Gasteiger partial charge in [0.2, 0.25) is 11.8 Å². The molecule has 3 aromatic rings. The van der Waals surface area contributed by atoms with Crippen molar-refractivity contribution in [3.05, 3.63) is 71.6 Å². The average molecular weight is 352 g/mol. The number of benzene rings is 2. The topological polar surface area (TPSA) is 74.5 Å². The standard InChI is InChI=1S/C20H20N2O4/c1-24-20(23)17-11-9-16(10-12-17)19-22-21-18(26-19)14-25-13-5-8-15-6-3-2-4-7-15/h2-4,6-7,9-12H,5,8,13-14H2,1H3. The van der Waals surface area contributed by atoms with Crippen LogP contribution in [0.3, 0.4) is 0 Å². The van der Waals surface area contributed by atoms with Crippen LogP contribution in [0.2, 0.25) is 0 Å². The number of nitrogens with zero attached hydrogens (tertiary/aromatic N) is 2. The Kier molecular flexibility index (Phi) is 6.11. The fourth-order valence-corrected chi connectivity index (χ4v) is 2.48. The van der Waals surface area contributed by atoms with Gasteiger partial charge in [-0.15, -0.1) is 10.2 Å². The Labute approximate surface area is 151 Å². The van der Waals surface area contributed by atoms with Crippen LogP contribution in [-0.4, -0.2) is 29.9 Å². The molecule has 0 radical (unpaired) electrons. The molecule has 0 amide bonds. The largest absolute Gasteiger partial charge is 0.465 e. The molecule has 134 valence electrons. The first kappa shape index (κ1) is 17.8. The summed E-state index contributed by atoms with van der Waals surface area (Å²) in [7, 11) is 1.35. The summed E-state index contributed by atoms with van der Waals surface area (Å²) in [6, 6.07) is 17.1.